The second-order valence-electron chi connectivity index (χ2n) is 5.81. The van der Waals surface area contributed by atoms with Crippen LogP contribution in [0.3, 0.4) is 0 Å². The fraction of sp³-hybridized carbons (Fsp3) is 0.647. The van der Waals surface area contributed by atoms with Crippen LogP contribution in [0.4, 0.5) is 0 Å². The SMILES string of the molecule is CCOC(=O)c1c(C)c(C(=O)NCCCN(C)C)c(C)n1CC. The summed E-state index contributed by atoms with van der Waals surface area (Å²) >= 11 is 0. The van der Waals surface area contributed by atoms with Crippen molar-refractivity contribution in [2.75, 3.05) is 33.8 Å². The zero-order chi connectivity index (χ0) is 17.6. The Morgan fingerprint density at radius 1 is 1.22 bits per heavy atom. The molecule has 1 aromatic heterocycles. The highest BCUT2D eigenvalue weighted by Gasteiger charge is 2.26. The third kappa shape index (κ3) is 4.58. The van der Waals surface area contributed by atoms with Gasteiger partial charge in [0.2, 0.25) is 0 Å². The van der Waals surface area contributed by atoms with Gasteiger partial charge in [-0.15, -0.1) is 0 Å². The van der Waals surface area contributed by atoms with Gasteiger partial charge in [0.15, 0.2) is 0 Å². The molecular weight excluding hydrogens is 294 g/mol. The number of ether oxygens (including phenoxy) is 1. The molecular formula is C17H29N3O3. The molecule has 1 rings (SSSR count). The van der Waals surface area contributed by atoms with Crippen molar-refractivity contribution < 1.29 is 14.3 Å². The molecule has 0 aliphatic heterocycles. The molecule has 0 radical (unpaired) electrons. The molecule has 0 aliphatic carbocycles. The molecule has 6 heteroatoms. The molecule has 0 saturated carbocycles. The van der Waals surface area contributed by atoms with Crippen molar-refractivity contribution in [2.24, 2.45) is 0 Å². The van der Waals surface area contributed by atoms with E-state index in [1.54, 1.807) is 13.8 Å². The van der Waals surface area contributed by atoms with Gasteiger partial charge in [0.25, 0.3) is 5.91 Å². The molecule has 1 amide bonds. The van der Waals surface area contributed by atoms with Crippen LogP contribution >= 0.6 is 0 Å². The van der Waals surface area contributed by atoms with E-state index in [9.17, 15) is 9.59 Å². The molecule has 23 heavy (non-hydrogen) atoms. The lowest BCUT2D eigenvalue weighted by Gasteiger charge is -2.10. The van der Waals surface area contributed by atoms with Gasteiger partial charge in [-0.05, 0) is 60.3 Å². The lowest BCUT2D eigenvalue weighted by Crippen LogP contribution is -2.28. The van der Waals surface area contributed by atoms with E-state index in [4.69, 9.17) is 4.74 Å². The lowest BCUT2D eigenvalue weighted by atomic mass is 10.1. The predicted molar refractivity (Wildman–Crippen MR) is 91.0 cm³/mol. The standard InChI is InChI=1S/C17H29N3O3/c1-7-20-13(4)14(12(3)15(20)17(22)23-8-2)16(21)18-10-9-11-19(5)6/h7-11H2,1-6H3,(H,18,21). The molecule has 1 heterocycles. The first-order valence-corrected chi connectivity index (χ1v) is 8.14. The van der Waals surface area contributed by atoms with Crippen LogP contribution in [0.25, 0.3) is 0 Å². The fourth-order valence-corrected chi connectivity index (χ4v) is 2.77. The van der Waals surface area contributed by atoms with Gasteiger partial charge in [0.05, 0.1) is 12.2 Å². The van der Waals surface area contributed by atoms with Gasteiger partial charge in [-0.25, -0.2) is 4.79 Å². The van der Waals surface area contributed by atoms with E-state index in [0.717, 1.165) is 18.7 Å². The van der Waals surface area contributed by atoms with Crippen LogP contribution in [0.5, 0.6) is 0 Å². The Kier molecular flexibility index (Phi) is 7.29. The molecule has 0 aliphatic rings. The second kappa shape index (κ2) is 8.72. The third-order valence-electron chi connectivity index (χ3n) is 3.85. The molecule has 0 atom stereocenters. The topological polar surface area (TPSA) is 63.6 Å². The third-order valence-corrected chi connectivity index (χ3v) is 3.85. The van der Waals surface area contributed by atoms with Crippen molar-refractivity contribution in [1.82, 2.24) is 14.8 Å². The number of nitrogens with zero attached hydrogens (tertiary/aromatic N) is 2. The number of amides is 1. The highest BCUT2D eigenvalue weighted by Crippen LogP contribution is 2.23. The van der Waals surface area contributed by atoms with Gasteiger partial charge < -0.3 is 19.5 Å². The van der Waals surface area contributed by atoms with Crippen LogP contribution in [-0.2, 0) is 11.3 Å². The first kappa shape index (κ1) is 19.2. The average Bonchev–Trinajstić information content (AvgIpc) is 2.74. The number of nitrogens with one attached hydrogen (secondary N) is 1. The number of esters is 1. The van der Waals surface area contributed by atoms with Gasteiger partial charge in [0, 0.05) is 18.8 Å². The maximum absolute atomic E-state index is 12.5. The maximum atomic E-state index is 12.5. The molecule has 6 nitrogen and oxygen atoms in total. The summed E-state index contributed by atoms with van der Waals surface area (Å²) in [6.07, 6.45) is 0.885. The highest BCUT2D eigenvalue weighted by atomic mass is 16.5. The molecule has 1 N–H and O–H groups in total. The maximum Gasteiger partial charge on any atom is 0.355 e. The van der Waals surface area contributed by atoms with E-state index in [2.05, 4.69) is 10.2 Å². The number of aromatic nitrogens is 1. The van der Waals surface area contributed by atoms with Crippen molar-refractivity contribution in [3.63, 3.8) is 0 Å². The van der Waals surface area contributed by atoms with Crippen LogP contribution in [0.1, 0.15) is 52.4 Å². The van der Waals surface area contributed by atoms with E-state index in [0.29, 0.717) is 36.5 Å². The van der Waals surface area contributed by atoms with Crippen molar-refractivity contribution in [1.29, 1.82) is 0 Å². The summed E-state index contributed by atoms with van der Waals surface area (Å²) in [4.78, 5) is 26.8. The Hall–Kier alpha value is -1.82. The Labute approximate surface area is 138 Å². The average molecular weight is 323 g/mol. The van der Waals surface area contributed by atoms with Crippen molar-refractivity contribution in [2.45, 2.75) is 40.7 Å². The number of rotatable bonds is 8. The van der Waals surface area contributed by atoms with Crippen molar-refractivity contribution in [3.8, 4) is 0 Å². The summed E-state index contributed by atoms with van der Waals surface area (Å²) in [7, 11) is 4.01. The summed E-state index contributed by atoms with van der Waals surface area (Å²) in [6, 6.07) is 0. The molecule has 1 aromatic rings. The molecule has 0 unspecified atom stereocenters. The summed E-state index contributed by atoms with van der Waals surface area (Å²) < 4.78 is 6.98. The van der Waals surface area contributed by atoms with Gasteiger partial charge in [-0.3, -0.25) is 4.79 Å². The molecule has 0 saturated heterocycles. The van der Waals surface area contributed by atoms with Crippen molar-refractivity contribution in [3.05, 3.63) is 22.5 Å². The minimum Gasteiger partial charge on any atom is -0.461 e. The smallest absolute Gasteiger partial charge is 0.355 e. The van der Waals surface area contributed by atoms with E-state index >= 15 is 0 Å². The first-order chi connectivity index (χ1) is 10.8. The molecule has 0 bridgehead atoms. The quantitative estimate of drug-likeness (QED) is 0.587. The van der Waals surface area contributed by atoms with Crippen molar-refractivity contribution >= 4 is 11.9 Å². The van der Waals surface area contributed by atoms with E-state index < -0.39 is 0 Å². The molecule has 0 fully saturated rings. The van der Waals surface area contributed by atoms with Crippen LogP contribution in [0.15, 0.2) is 0 Å². The largest absolute Gasteiger partial charge is 0.461 e. The summed E-state index contributed by atoms with van der Waals surface area (Å²) in [5, 5.41) is 2.94. The normalized spacial score (nSPS) is 10.9. The lowest BCUT2D eigenvalue weighted by molar-refractivity contribution is 0.0512. The molecule has 0 spiro atoms. The van der Waals surface area contributed by atoms with E-state index in [1.807, 2.05) is 32.5 Å². The zero-order valence-corrected chi connectivity index (χ0v) is 15.2. The minimum absolute atomic E-state index is 0.128. The Bertz CT molecular complexity index is 562. The fourth-order valence-electron chi connectivity index (χ4n) is 2.77. The van der Waals surface area contributed by atoms with E-state index in [-0.39, 0.29) is 11.9 Å². The highest BCUT2D eigenvalue weighted by molar-refractivity contribution is 6.01. The number of carbonyl (C=O) groups is 2. The number of carbonyl (C=O) groups excluding carboxylic acids is 2. The summed E-state index contributed by atoms with van der Waals surface area (Å²) in [5.41, 5.74) is 2.55. The predicted octanol–water partition coefficient (Wildman–Crippen LogP) is 1.98. The van der Waals surface area contributed by atoms with Crippen LogP contribution in [-0.4, -0.2) is 55.1 Å². The summed E-state index contributed by atoms with van der Waals surface area (Å²) in [5.74, 6) is -0.502. The first-order valence-electron chi connectivity index (χ1n) is 8.14. The summed E-state index contributed by atoms with van der Waals surface area (Å²) in [6.45, 7) is 9.87. The van der Waals surface area contributed by atoms with Gasteiger partial charge >= 0.3 is 5.97 Å². The second-order valence-corrected chi connectivity index (χ2v) is 5.81. The number of hydrogen-bond acceptors (Lipinski definition) is 4. The molecule has 0 aromatic carbocycles. The molecule has 130 valence electrons. The Balaban J connectivity index is 2.98. The van der Waals surface area contributed by atoms with Gasteiger partial charge in [0.1, 0.15) is 5.69 Å². The Morgan fingerprint density at radius 3 is 2.39 bits per heavy atom. The van der Waals surface area contributed by atoms with Gasteiger partial charge in [-0.2, -0.15) is 0 Å². The van der Waals surface area contributed by atoms with Crippen LogP contribution < -0.4 is 5.32 Å². The van der Waals surface area contributed by atoms with Crippen LogP contribution in [0.2, 0.25) is 0 Å². The minimum atomic E-state index is -0.374. The zero-order valence-electron chi connectivity index (χ0n) is 15.2. The number of hydrogen-bond donors (Lipinski definition) is 1. The monoisotopic (exact) mass is 323 g/mol. The van der Waals surface area contributed by atoms with E-state index in [1.165, 1.54) is 0 Å². The van der Waals surface area contributed by atoms with Gasteiger partial charge in [-0.1, -0.05) is 0 Å². The Morgan fingerprint density at radius 2 is 1.87 bits per heavy atom. The van der Waals surface area contributed by atoms with Crippen LogP contribution in [0, 0.1) is 13.8 Å².